The van der Waals surface area contributed by atoms with Crippen LogP contribution in [0.4, 0.5) is 5.69 Å². The predicted molar refractivity (Wildman–Crippen MR) is 86.5 cm³/mol. The Morgan fingerprint density at radius 1 is 1.10 bits per heavy atom. The van der Waals surface area contributed by atoms with Crippen molar-refractivity contribution in [1.82, 2.24) is 0 Å². The van der Waals surface area contributed by atoms with Crippen molar-refractivity contribution in [2.45, 2.75) is 13.8 Å². The largest absolute Gasteiger partial charge is 0.484 e. The molecule has 0 aliphatic heterocycles. The summed E-state index contributed by atoms with van der Waals surface area (Å²) in [5.74, 6) is 0.392. The lowest BCUT2D eigenvalue weighted by Crippen LogP contribution is -2.20. The quantitative estimate of drug-likeness (QED) is 0.890. The summed E-state index contributed by atoms with van der Waals surface area (Å²) >= 11 is 11.9. The van der Waals surface area contributed by atoms with Gasteiger partial charge in [0, 0.05) is 15.7 Å². The molecule has 0 heterocycles. The normalized spacial score (nSPS) is 10.3. The molecule has 2 aromatic carbocycles. The third-order valence-corrected chi connectivity index (χ3v) is 3.76. The second kappa shape index (κ2) is 6.83. The van der Waals surface area contributed by atoms with Gasteiger partial charge in [-0.2, -0.15) is 0 Å². The molecule has 0 aliphatic rings. The van der Waals surface area contributed by atoms with Gasteiger partial charge in [-0.3, -0.25) is 4.79 Å². The van der Waals surface area contributed by atoms with Crippen molar-refractivity contribution >= 4 is 34.8 Å². The van der Waals surface area contributed by atoms with Gasteiger partial charge in [0.2, 0.25) is 0 Å². The standard InChI is InChI=1S/C16H15Cl2NO2/c1-10-7-14(8-11(2)16(10)18)21-9-15(20)19-13-5-3-12(17)4-6-13/h3-8H,9H2,1-2H3,(H,19,20). The number of nitrogens with one attached hydrogen (secondary N) is 1. The van der Waals surface area contributed by atoms with Gasteiger partial charge in [0.25, 0.3) is 5.91 Å². The molecule has 2 aromatic rings. The Labute approximate surface area is 133 Å². The molecule has 0 unspecified atom stereocenters. The van der Waals surface area contributed by atoms with Crippen LogP contribution in [0.3, 0.4) is 0 Å². The minimum atomic E-state index is -0.234. The molecule has 0 atom stereocenters. The molecule has 0 spiro atoms. The fraction of sp³-hybridized carbons (Fsp3) is 0.188. The van der Waals surface area contributed by atoms with Crippen molar-refractivity contribution in [2.24, 2.45) is 0 Å². The summed E-state index contributed by atoms with van der Waals surface area (Å²) in [5.41, 5.74) is 2.52. The summed E-state index contributed by atoms with van der Waals surface area (Å²) in [7, 11) is 0. The summed E-state index contributed by atoms with van der Waals surface area (Å²) in [4.78, 5) is 11.8. The molecule has 0 bridgehead atoms. The van der Waals surface area contributed by atoms with Gasteiger partial charge in [-0.25, -0.2) is 0 Å². The topological polar surface area (TPSA) is 38.3 Å². The average molecular weight is 324 g/mol. The van der Waals surface area contributed by atoms with Gasteiger partial charge in [-0.1, -0.05) is 23.2 Å². The molecule has 0 aliphatic carbocycles. The molecule has 21 heavy (non-hydrogen) atoms. The van der Waals surface area contributed by atoms with E-state index < -0.39 is 0 Å². The van der Waals surface area contributed by atoms with E-state index in [4.69, 9.17) is 27.9 Å². The molecular weight excluding hydrogens is 309 g/mol. The monoisotopic (exact) mass is 323 g/mol. The lowest BCUT2D eigenvalue weighted by Gasteiger charge is -2.10. The molecule has 1 N–H and O–H groups in total. The maximum Gasteiger partial charge on any atom is 0.262 e. The molecular formula is C16H15Cl2NO2. The lowest BCUT2D eigenvalue weighted by molar-refractivity contribution is -0.118. The fourth-order valence-electron chi connectivity index (χ4n) is 1.87. The Hall–Kier alpha value is -1.71. The van der Waals surface area contributed by atoms with Crippen molar-refractivity contribution < 1.29 is 9.53 Å². The first kappa shape index (κ1) is 15.7. The van der Waals surface area contributed by atoms with Gasteiger partial charge in [0.05, 0.1) is 0 Å². The van der Waals surface area contributed by atoms with Crippen LogP contribution in [0.1, 0.15) is 11.1 Å². The van der Waals surface area contributed by atoms with Gasteiger partial charge >= 0.3 is 0 Å². The zero-order valence-corrected chi connectivity index (χ0v) is 13.3. The Balaban J connectivity index is 1.93. The fourth-order valence-corrected chi connectivity index (χ4v) is 2.10. The Bertz CT molecular complexity index is 631. The molecule has 1 amide bonds. The first-order valence-corrected chi connectivity index (χ1v) is 7.16. The zero-order chi connectivity index (χ0) is 15.4. The van der Waals surface area contributed by atoms with Crippen LogP contribution in [0.5, 0.6) is 5.75 Å². The van der Waals surface area contributed by atoms with Gasteiger partial charge in [-0.05, 0) is 61.4 Å². The summed E-state index contributed by atoms with van der Waals surface area (Å²) < 4.78 is 5.48. The van der Waals surface area contributed by atoms with Crippen molar-refractivity contribution in [3.63, 3.8) is 0 Å². The first-order valence-electron chi connectivity index (χ1n) is 6.40. The van der Waals surface area contributed by atoms with Crippen LogP contribution in [0.2, 0.25) is 10.0 Å². The smallest absolute Gasteiger partial charge is 0.262 e. The van der Waals surface area contributed by atoms with Crippen molar-refractivity contribution in [2.75, 3.05) is 11.9 Å². The number of amides is 1. The molecule has 0 fully saturated rings. The third kappa shape index (κ3) is 4.38. The van der Waals surface area contributed by atoms with Crippen molar-refractivity contribution in [1.29, 1.82) is 0 Å². The molecule has 110 valence electrons. The number of ether oxygens (including phenoxy) is 1. The average Bonchev–Trinajstić information content (AvgIpc) is 2.45. The number of hydrogen-bond donors (Lipinski definition) is 1. The van der Waals surface area contributed by atoms with Gasteiger partial charge in [0.15, 0.2) is 6.61 Å². The van der Waals surface area contributed by atoms with Crippen LogP contribution in [0, 0.1) is 13.8 Å². The molecule has 5 heteroatoms. The van der Waals surface area contributed by atoms with Gasteiger partial charge < -0.3 is 10.1 Å². The van der Waals surface area contributed by atoms with E-state index in [0.29, 0.717) is 21.5 Å². The maximum absolute atomic E-state index is 11.8. The first-order chi connectivity index (χ1) is 9.95. The molecule has 0 radical (unpaired) electrons. The lowest BCUT2D eigenvalue weighted by atomic mass is 10.1. The SMILES string of the molecule is Cc1cc(OCC(=O)Nc2ccc(Cl)cc2)cc(C)c1Cl. The van der Waals surface area contributed by atoms with E-state index >= 15 is 0 Å². The number of aryl methyl sites for hydroxylation is 2. The van der Waals surface area contributed by atoms with Crippen LogP contribution in [0.25, 0.3) is 0 Å². The molecule has 2 rings (SSSR count). The summed E-state index contributed by atoms with van der Waals surface area (Å²) in [6.45, 7) is 3.73. The van der Waals surface area contributed by atoms with Crippen molar-refractivity contribution in [3.05, 3.63) is 57.6 Å². The van der Waals surface area contributed by atoms with E-state index in [1.807, 2.05) is 26.0 Å². The predicted octanol–water partition coefficient (Wildman–Crippen LogP) is 4.63. The van der Waals surface area contributed by atoms with Crippen LogP contribution >= 0.6 is 23.2 Å². The number of hydrogen-bond acceptors (Lipinski definition) is 2. The van der Waals surface area contributed by atoms with E-state index in [2.05, 4.69) is 5.32 Å². The Morgan fingerprint density at radius 2 is 1.67 bits per heavy atom. The molecule has 0 saturated carbocycles. The number of carbonyl (C=O) groups is 1. The zero-order valence-electron chi connectivity index (χ0n) is 11.7. The highest BCUT2D eigenvalue weighted by atomic mass is 35.5. The van der Waals surface area contributed by atoms with Gasteiger partial charge in [-0.15, -0.1) is 0 Å². The van der Waals surface area contributed by atoms with Crippen LogP contribution in [0.15, 0.2) is 36.4 Å². The number of anilines is 1. The van der Waals surface area contributed by atoms with Crippen LogP contribution < -0.4 is 10.1 Å². The molecule has 0 aromatic heterocycles. The second-order valence-electron chi connectivity index (χ2n) is 4.71. The van der Waals surface area contributed by atoms with Crippen LogP contribution in [-0.4, -0.2) is 12.5 Å². The highest BCUT2D eigenvalue weighted by Crippen LogP contribution is 2.25. The van der Waals surface area contributed by atoms with Gasteiger partial charge in [0.1, 0.15) is 5.75 Å². The minimum absolute atomic E-state index is 0.0663. The van der Waals surface area contributed by atoms with E-state index in [1.54, 1.807) is 24.3 Å². The highest BCUT2D eigenvalue weighted by Gasteiger charge is 2.07. The number of rotatable bonds is 4. The minimum Gasteiger partial charge on any atom is -0.484 e. The van der Waals surface area contributed by atoms with E-state index in [9.17, 15) is 4.79 Å². The maximum atomic E-state index is 11.8. The van der Waals surface area contributed by atoms with Crippen LogP contribution in [-0.2, 0) is 4.79 Å². The van der Waals surface area contributed by atoms with E-state index in [0.717, 1.165) is 11.1 Å². The van der Waals surface area contributed by atoms with Crippen molar-refractivity contribution in [3.8, 4) is 5.75 Å². The number of carbonyl (C=O) groups excluding carboxylic acids is 1. The number of benzene rings is 2. The Morgan fingerprint density at radius 3 is 2.24 bits per heavy atom. The Kier molecular flexibility index (Phi) is 5.10. The third-order valence-electron chi connectivity index (χ3n) is 2.91. The van der Waals surface area contributed by atoms with E-state index in [-0.39, 0.29) is 12.5 Å². The summed E-state index contributed by atoms with van der Waals surface area (Å²) in [6.07, 6.45) is 0. The molecule has 3 nitrogen and oxygen atoms in total. The summed E-state index contributed by atoms with van der Waals surface area (Å²) in [5, 5.41) is 4.07. The highest BCUT2D eigenvalue weighted by molar-refractivity contribution is 6.32. The number of halogens is 2. The second-order valence-corrected chi connectivity index (χ2v) is 5.53. The van der Waals surface area contributed by atoms with E-state index in [1.165, 1.54) is 0 Å². The molecule has 0 saturated heterocycles. The summed E-state index contributed by atoms with van der Waals surface area (Å²) in [6, 6.07) is 10.5.